The monoisotopic (exact) mass is 406 g/mol. The van der Waals surface area contributed by atoms with Crippen molar-refractivity contribution >= 4 is 5.69 Å². The van der Waals surface area contributed by atoms with Crippen molar-refractivity contribution in [3.63, 3.8) is 0 Å². The third-order valence-electron chi connectivity index (χ3n) is 5.44. The van der Waals surface area contributed by atoms with Gasteiger partial charge in [-0.25, -0.2) is 4.39 Å². The molecule has 156 valence electrons. The Hall–Kier alpha value is -3.05. The molecule has 0 radical (unpaired) electrons. The van der Waals surface area contributed by atoms with E-state index in [0.717, 1.165) is 49.8 Å². The fourth-order valence-electron chi connectivity index (χ4n) is 3.78. The van der Waals surface area contributed by atoms with Crippen LogP contribution in [0.3, 0.4) is 0 Å². The molecule has 1 heterocycles. The average Bonchev–Trinajstić information content (AvgIpc) is 2.80. The number of hydrogen-bond acceptors (Lipinski definition) is 4. The Morgan fingerprint density at radius 1 is 0.800 bits per heavy atom. The van der Waals surface area contributed by atoms with Crippen molar-refractivity contribution in [1.29, 1.82) is 0 Å². The van der Waals surface area contributed by atoms with E-state index in [0.29, 0.717) is 12.3 Å². The highest BCUT2D eigenvalue weighted by atomic mass is 19.1. The van der Waals surface area contributed by atoms with Crippen molar-refractivity contribution in [2.24, 2.45) is 0 Å². The van der Waals surface area contributed by atoms with E-state index in [1.54, 1.807) is 13.2 Å². The lowest BCUT2D eigenvalue weighted by molar-refractivity contribution is 0.248. The van der Waals surface area contributed by atoms with E-state index in [1.807, 2.05) is 54.6 Å². The standard InChI is InChI=1S/C25H27FN2O2/c1-29-25-17-21(11-12-24(25)30-19-20-7-3-2-4-8-20)18-27-13-15-28(16-14-27)23-10-6-5-9-22(23)26/h2-12,17H,13-16,18-19H2,1H3. The van der Waals surface area contributed by atoms with Gasteiger partial charge in [-0.15, -0.1) is 0 Å². The summed E-state index contributed by atoms with van der Waals surface area (Å²) in [5.74, 6) is 1.34. The molecule has 0 bridgehead atoms. The number of ether oxygens (including phenoxy) is 2. The zero-order chi connectivity index (χ0) is 20.8. The molecule has 5 heteroatoms. The molecule has 3 aromatic rings. The van der Waals surface area contributed by atoms with Crippen LogP contribution in [0.25, 0.3) is 0 Å². The lowest BCUT2D eigenvalue weighted by Gasteiger charge is -2.36. The number of anilines is 1. The summed E-state index contributed by atoms with van der Waals surface area (Å²) in [6.07, 6.45) is 0. The molecule has 3 aromatic carbocycles. The van der Waals surface area contributed by atoms with Crippen LogP contribution >= 0.6 is 0 Å². The lowest BCUT2D eigenvalue weighted by Crippen LogP contribution is -2.46. The smallest absolute Gasteiger partial charge is 0.161 e. The summed E-state index contributed by atoms with van der Waals surface area (Å²) in [5, 5.41) is 0. The number of piperazine rings is 1. The van der Waals surface area contributed by atoms with Gasteiger partial charge in [0.25, 0.3) is 0 Å². The van der Waals surface area contributed by atoms with Crippen LogP contribution in [0.2, 0.25) is 0 Å². The third-order valence-corrected chi connectivity index (χ3v) is 5.44. The zero-order valence-electron chi connectivity index (χ0n) is 17.3. The van der Waals surface area contributed by atoms with Gasteiger partial charge in [0.05, 0.1) is 12.8 Å². The number of hydrogen-bond donors (Lipinski definition) is 0. The van der Waals surface area contributed by atoms with Crippen LogP contribution < -0.4 is 14.4 Å². The van der Waals surface area contributed by atoms with Crippen molar-refractivity contribution in [3.05, 3.63) is 89.7 Å². The van der Waals surface area contributed by atoms with E-state index < -0.39 is 0 Å². The van der Waals surface area contributed by atoms with E-state index in [-0.39, 0.29) is 5.82 Å². The minimum atomic E-state index is -0.151. The van der Waals surface area contributed by atoms with Gasteiger partial charge in [0.1, 0.15) is 12.4 Å². The topological polar surface area (TPSA) is 24.9 Å². The maximum Gasteiger partial charge on any atom is 0.161 e. The Bertz CT molecular complexity index is 956. The molecule has 0 spiro atoms. The van der Waals surface area contributed by atoms with Crippen LogP contribution in [-0.2, 0) is 13.2 Å². The molecular weight excluding hydrogens is 379 g/mol. The quantitative estimate of drug-likeness (QED) is 0.566. The van der Waals surface area contributed by atoms with Gasteiger partial charge in [-0.1, -0.05) is 48.5 Å². The molecule has 1 aliphatic heterocycles. The summed E-state index contributed by atoms with van der Waals surface area (Å²) in [6, 6.07) is 23.2. The number of rotatable bonds is 7. The Kier molecular flexibility index (Phi) is 6.50. The van der Waals surface area contributed by atoms with Crippen molar-refractivity contribution in [1.82, 2.24) is 4.90 Å². The minimum Gasteiger partial charge on any atom is -0.493 e. The Morgan fingerprint density at radius 2 is 1.53 bits per heavy atom. The molecule has 0 amide bonds. The third kappa shape index (κ3) is 4.92. The number of halogens is 1. The van der Waals surface area contributed by atoms with Gasteiger partial charge < -0.3 is 14.4 Å². The number of benzene rings is 3. The van der Waals surface area contributed by atoms with E-state index in [9.17, 15) is 4.39 Å². The second-order valence-electron chi connectivity index (χ2n) is 7.47. The first-order valence-electron chi connectivity index (χ1n) is 10.3. The minimum absolute atomic E-state index is 0.151. The highest BCUT2D eigenvalue weighted by Gasteiger charge is 2.19. The summed E-state index contributed by atoms with van der Waals surface area (Å²) in [4.78, 5) is 4.50. The molecule has 1 aliphatic rings. The largest absolute Gasteiger partial charge is 0.493 e. The molecule has 4 rings (SSSR count). The normalized spacial score (nSPS) is 14.5. The van der Waals surface area contributed by atoms with Crippen molar-refractivity contribution < 1.29 is 13.9 Å². The Balaban J connectivity index is 1.34. The first kappa shape index (κ1) is 20.2. The summed E-state index contributed by atoms with van der Waals surface area (Å²) >= 11 is 0. The predicted molar refractivity (Wildman–Crippen MR) is 118 cm³/mol. The Labute approximate surface area is 177 Å². The first-order valence-corrected chi connectivity index (χ1v) is 10.3. The van der Waals surface area contributed by atoms with Crippen LogP contribution in [0.1, 0.15) is 11.1 Å². The van der Waals surface area contributed by atoms with Gasteiger partial charge in [-0.05, 0) is 35.4 Å². The van der Waals surface area contributed by atoms with Gasteiger partial charge in [0.2, 0.25) is 0 Å². The van der Waals surface area contributed by atoms with Crippen LogP contribution in [0.5, 0.6) is 11.5 Å². The number of nitrogens with zero attached hydrogens (tertiary/aromatic N) is 2. The summed E-state index contributed by atoms with van der Waals surface area (Å²) < 4.78 is 25.5. The van der Waals surface area contributed by atoms with Crippen molar-refractivity contribution in [3.8, 4) is 11.5 Å². The van der Waals surface area contributed by atoms with Crippen LogP contribution in [-0.4, -0.2) is 38.2 Å². The van der Waals surface area contributed by atoms with Gasteiger partial charge in [-0.2, -0.15) is 0 Å². The molecule has 0 atom stereocenters. The molecule has 4 nitrogen and oxygen atoms in total. The van der Waals surface area contributed by atoms with Crippen molar-refractivity contribution in [2.75, 3.05) is 38.2 Å². The van der Waals surface area contributed by atoms with Crippen LogP contribution in [0.4, 0.5) is 10.1 Å². The molecule has 1 fully saturated rings. The van der Waals surface area contributed by atoms with E-state index in [4.69, 9.17) is 9.47 Å². The fraction of sp³-hybridized carbons (Fsp3) is 0.280. The summed E-state index contributed by atoms with van der Waals surface area (Å²) in [7, 11) is 1.67. The van der Waals surface area contributed by atoms with Gasteiger partial charge >= 0.3 is 0 Å². The van der Waals surface area contributed by atoms with Crippen LogP contribution in [0, 0.1) is 5.82 Å². The predicted octanol–water partition coefficient (Wildman–Crippen LogP) is 4.74. The molecule has 30 heavy (non-hydrogen) atoms. The van der Waals surface area contributed by atoms with Crippen molar-refractivity contribution in [2.45, 2.75) is 13.2 Å². The first-order chi connectivity index (χ1) is 14.7. The summed E-state index contributed by atoms with van der Waals surface area (Å²) in [5.41, 5.74) is 2.99. The number of methoxy groups -OCH3 is 1. The SMILES string of the molecule is COc1cc(CN2CCN(c3ccccc3F)CC2)ccc1OCc1ccccc1. The molecule has 0 aromatic heterocycles. The van der Waals surface area contributed by atoms with Gasteiger partial charge in [0, 0.05) is 32.7 Å². The zero-order valence-corrected chi connectivity index (χ0v) is 17.3. The highest BCUT2D eigenvalue weighted by molar-refractivity contribution is 5.48. The second-order valence-corrected chi connectivity index (χ2v) is 7.47. The summed E-state index contributed by atoms with van der Waals surface area (Å²) in [6.45, 7) is 4.76. The van der Waals surface area contributed by atoms with E-state index in [1.165, 1.54) is 11.6 Å². The van der Waals surface area contributed by atoms with Gasteiger partial charge in [-0.3, -0.25) is 4.90 Å². The Morgan fingerprint density at radius 3 is 2.27 bits per heavy atom. The average molecular weight is 407 g/mol. The molecule has 0 aliphatic carbocycles. The molecule has 1 saturated heterocycles. The van der Waals surface area contributed by atoms with E-state index >= 15 is 0 Å². The fourth-order valence-corrected chi connectivity index (χ4v) is 3.78. The number of para-hydroxylation sites is 1. The highest BCUT2D eigenvalue weighted by Crippen LogP contribution is 2.29. The molecule has 0 saturated carbocycles. The maximum atomic E-state index is 14.0. The van der Waals surface area contributed by atoms with Gasteiger partial charge in [0.15, 0.2) is 11.5 Å². The van der Waals surface area contributed by atoms with Crippen LogP contribution in [0.15, 0.2) is 72.8 Å². The molecule has 0 N–H and O–H groups in total. The maximum absolute atomic E-state index is 14.0. The van der Waals surface area contributed by atoms with E-state index in [2.05, 4.69) is 15.9 Å². The molecular formula is C25H27FN2O2. The second kappa shape index (κ2) is 9.63. The lowest BCUT2D eigenvalue weighted by atomic mass is 10.1. The molecule has 0 unspecified atom stereocenters.